The Labute approximate surface area is 165 Å². The third-order valence-corrected chi connectivity index (χ3v) is 4.91. The van der Waals surface area contributed by atoms with Crippen LogP contribution in [0.1, 0.15) is 15.9 Å². The van der Waals surface area contributed by atoms with Crippen molar-refractivity contribution >= 4 is 22.5 Å². The van der Waals surface area contributed by atoms with Gasteiger partial charge < -0.3 is 19.9 Å². The maximum absolute atomic E-state index is 14.7. The highest BCUT2D eigenvalue weighted by molar-refractivity contribution is 5.97. The fourth-order valence-corrected chi connectivity index (χ4v) is 3.34. The first-order valence-corrected chi connectivity index (χ1v) is 9.23. The number of aromatic nitrogens is 1. The summed E-state index contributed by atoms with van der Waals surface area (Å²) < 4.78 is 33.0. The summed E-state index contributed by atoms with van der Waals surface area (Å²) >= 11 is 0. The molecule has 0 atom stereocenters. The molecule has 2 aromatic carbocycles. The molecule has 2 N–H and O–H groups in total. The Bertz CT molecular complexity index is 1110. The van der Waals surface area contributed by atoms with E-state index in [1.165, 1.54) is 36.5 Å². The molecule has 0 spiro atoms. The van der Waals surface area contributed by atoms with Crippen LogP contribution in [0.25, 0.3) is 10.9 Å². The Hall–Kier alpha value is -3.26. The van der Waals surface area contributed by atoms with E-state index in [4.69, 9.17) is 4.74 Å². The number of aromatic amines is 1. The van der Waals surface area contributed by atoms with E-state index >= 15 is 0 Å². The average Bonchev–Trinajstić information content (AvgIpc) is 2.73. The van der Waals surface area contributed by atoms with Crippen molar-refractivity contribution in [2.45, 2.75) is 6.54 Å². The number of hydrogen-bond acceptors (Lipinski definition) is 4. The van der Waals surface area contributed by atoms with Crippen LogP contribution in [0.15, 0.2) is 47.4 Å². The van der Waals surface area contributed by atoms with Crippen LogP contribution in [0.4, 0.5) is 14.5 Å². The SMILES string of the molecule is O=C(NCc1ccc(F)cc1)c1c[nH]c2cc(N3CCOCC3)cc(F)c2c1=O. The van der Waals surface area contributed by atoms with Crippen LogP contribution in [0.3, 0.4) is 0 Å². The number of carbonyl (C=O) groups excluding carboxylic acids is 1. The van der Waals surface area contributed by atoms with E-state index in [9.17, 15) is 18.4 Å². The number of fused-ring (bicyclic) bond motifs is 1. The Kier molecular flexibility index (Phi) is 5.26. The molecule has 0 bridgehead atoms. The number of benzene rings is 2. The summed E-state index contributed by atoms with van der Waals surface area (Å²) in [5.74, 6) is -1.69. The van der Waals surface area contributed by atoms with Gasteiger partial charge in [-0.3, -0.25) is 9.59 Å². The van der Waals surface area contributed by atoms with Crippen LogP contribution in [-0.2, 0) is 11.3 Å². The third-order valence-electron chi connectivity index (χ3n) is 4.91. The molecule has 8 heteroatoms. The molecule has 0 radical (unpaired) electrons. The van der Waals surface area contributed by atoms with Crippen molar-refractivity contribution < 1.29 is 18.3 Å². The van der Waals surface area contributed by atoms with Gasteiger partial charge in [0.25, 0.3) is 5.91 Å². The van der Waals surface area contributed by atoms with Gasteiger partial charge in [-0.1, -0.05) is 12.1 Å². The minimum Gasteiger partial charge on any atom is -0.378 e. The molecule has 3 aromatic rings. The fraction of sp³-hybridized carbons (Fsp3) is 0.238. The second-order valence-corrected chi connectivity index (χ2v) is 6.79. The Balaban J connectivity index is 1.59. The van der Waals surface area contributed by atoms with Crippen LogP contribution in [0.2, 0.25) is 0 Å². The minimum absolute atomic E-state index is 0.120. The topological polar surface area (TPSA) is 74.4 Å². The van der Waals surface area contributed by atoms with Crippen molar-refractivity contribution in [3.63, 3.8) is 0 Å². The van der Waals surface area contributed by atoms with E-state index in [1.807, 2.05) is 4.90 Å². The number of pyridine rings is 1. The number of amides is 1. The van der Waals surface area contributed by atoms with Gasteiger partial charge >= 0.3 is 0 Å². The number of hydrogen-bond donors (Lipinski definition) is 2. The smallest absolute Gasteiger partial charge is 0.257 e. The monoisotopic (exact) mass is 399 g/mol. The van der Waals surface area contributed by atoms with E-state index in [0.717, 1.165) is 0 Å². The first kappa shape index (κ1) is 19.1. The second kappa shape index (κ2) is 8.00. The van der Waals surface area contributed by atoms with Crippen molar-refractivity contribution in [1.29, 1.82) is 0 Å². The quantitative estimate of drug-likeness (QED) is 0.707. The Morgan fingerprint density at radius 2 is 1.86 bits per heavy atom. The van der Waals surface area contributed by atoms with Crippen LogP contribution < -0.4 is 15.6 Å². The molecule has 1 aliphatic rings. The highest BCUT2D eigenvalue weighted by Gasteiger charge is 2.19. The maximum Gasteiger partial charge on any atom is 0.257 e. The summed E-state index contributed by atoms with van der Waals surface area (Å²) in [7, 11) is 0. The van der Waals surface area contributed by atoms with Gasteiger partial charge in [-0.2, -0.15) is 0 Å². The van der Waals surface area contributed by atoms with Crippen LogP contribution in [0, 0.1) is 11.6 Å². The van der Waals surface area contributed by atoms with Gasteiger partial charge in [0.2, 0.25) is 5.43 Å². The third kappa shape index (κ3) is 3.97. The van der Waals surface area contributed by atoms with E-state index in [0.29, 0.717) is 43.1 Å². The molecule has 0 saturated carbocycles. The zero-order valence-electron chi connectivity index (χ0n) is 15.5. The number of anilines is 1. The van der Waals surface area contributed by atoms with Crippen LogP contribution >= 0.6 is 0 Å². The van der Waals surface area contributed by atoms with Gasteiger partial charge in [0.1, 0.15) is 17.2 Å². The van der Waals surface area contributed by atoms with Crippen LogP contribution in [-0.4, -0.2) is 37.2 Å². The maximum atomic E-state index is 14.7. The summed E-state index contributed by atoms with van der Waals surface area (Å²) in [6.45, 7) is 2.51. The Morgan fingerprint density at radius 3 is 2.59 bits per heavy atom. The van der Waals surface area contributed by atoms with E-state index in [-0.39, 0.29) is 23.3 Å². The minimum atomic E-state index is -0.682. The lowest BCUT2D eigenvalue weighted by Gasteiger charge is -2.29. The molecule has 0 unspecified atom stereocenters. The molecule has 2 heterocycles. The average molecular weight is 399 g/mol. The van der Waals surface area contributed by atoms with E-state index < -0.39 is 17.2 Å². The molecule has 150 valence electrons. The molecular formula is C21H19F2N3O3. The summed E-state index contributed by atoms with van der Waals surface area (Å²) in [4.78, 5) is 30.0. The standard InChI is InChI=1S/C21H19F2N3O3/c22-14-3-1-13(2-4-14)11-25-21(28)16-12-24-18-10-15(26-5-7-29-8-6-26)9-17(23)19(18)20(16)27/h1-4,9-10,12H,5-8,11H2,(H,24,27)(H,25,28). The predicted molar refractivity (Wildman–Crippen MR) is 105 cm³/mol. The molecule has 0 aliphatic carbocycles. The summed E-state index contributed by atoms with van der Waals surface area (Å²) in [5.41, 5.74) is 0.798. The highest BCUT2D eigenvalue weighted by atomic mass is 19.1. The van der Waals surface area contributed by atoms with Crippen LogP contribution in [0.5, 0.6) is 0 Å². The number of nitrogens with one attached hydrogen (secondary N) is 2. The summed E-state index contributed by atoms with van der Waals surface area (Å²) in [6, 6.07) is 8.64. The van der Waals surface area contributed by atoms with Gasteiger partial charge in [-0.15, -0.1) is 0 Å². The lowest BCUT2D eigenvalue weighted by Crippen LogP contribution is -2.36. The van der Waals surface area contributed by atoms with Gasteiger partial charge in [0, 0.05) is 31.5 Å². The number of rotatable bonds is 4. The van der Waals surface area contributed by atoms with Crippen molar-refractivity contribution in [2.24, 2.45) is 0 Å². The van der Waals surface area contributed by atoms with Crippen molar-refractivity contribution in [3.8, 4) is 0 Å². The van der Waals surface area contributed by atoms with Crippen molar-refractivity contribution in [1.82, 2.24) is 10.3 Å². The molecule has 1 aliphatic heterocycles. The molecule has 6 nitrogen and oxygen atoms in total. The van der Waals surface area contributed by atoms with Crippen molar-refractivity contribution in [2.75, 3.05) is 31.2 Å². The van der Waals surface area contributed by atoms with Crippen molar-refractivity contribution in [3.05, 3.63) is 75.6 Å². The van der Waals surface area contributed by atoms with E-state index in [2.05, 4.69) is 10.3 Å². The number of nitrogens with zero attached hydrogens (tertiary/aromatic N) is 1. The zero-order valence-corrected chi connectivity index (χ0v) is 15.5. The number of halogens is 2. The first-order chi connectivity index (χ1) is 14.0. The van der Waals surface area contributed by atoms with E-state index in [1.54, 1.807) is 6.07 Å². The molecule has 1 amide bonds. The predicted octanol–water partition coefficient (Wildman–Crippen LogP) is 2.57. The lowest BCUT2D eigenvalue weighted by atomic mass is 10.1. The first-order valence-electron chi connectivity index (χ1n) is 9.23. The number of H-pyrrole nitrogens is 1. The van der Waals surface area contributed by atoms with Gasteiger partial charge in [-0.25, -0.2) is 8.78 Å². The normalized spacial score (nSPS) is 14.2. The fourth-order valence-electron chi connectivity index (χ4n) is 3.34. The van der Waals surface area contributed by atoms with Gasteiger partial charge in [0.05, 0.1) is 24.1 Å². The number of morpholine rings is 1. The molecule has 1 aromatic heterocycles. The number of ether oxygens (including phenoxy) is 1. The zero-order chi connectivity index (χ0) is 20.4. The molecule has 1 saturated heterocycles. The summed E-state index contributed by atoms with van der Waals surface area (Å²) in [5, 5.41) is 2.44. The number of carbonyl (C=O) groups is 1. The molecule has 1 fully saturated rings. The molecule has 29 heavy (non-hydrogen) atoms. The molecular weight excluding hydrogens is 380 g/mol. The summed E-state index contributed by atoms with van der Waals surface area (Å²) in [6.07, 6.45) is 1.28. The largest absolute Gasteiger partial charge is 0.378 e. The molecule has 4 rings (SSSR count). The second-order valence-electron chi connectivity index (χ2n) is 6.79. The highest BCUT2D eigenvalue weighted by Crippen LogP contribution is 2.23. The van der Waals surface area contributed by atoms with Gasteiger partial charge in [0.15, 0.2) is 0 Å². The van der Waals surface area contributed by atoms with Gasteiger partial charge in [-0.05, 0) is 29.8 Å². The lowest BCUT2D eigenvalue weighted by molar-refractivity contribution is 0.0949. The Morgan fingerprint density at radius 1 is 1.14 bits per heavy atom.